The Hall–Kier alpha value is -0.120. The Balaban J connectivity index is 2.03. The minimum absolute atomic E-state index is 0.00916. The van der Waals surface area contributed by atoms with Gasteiger partial charge in [0.2, 0.25) is 0 Å². The smallest absolute Gasteiger partial charge is 0.157 e. The van der Waals surface area contributed by atoms with E-state index < -0.39 is 0 Å². The summed E-state index contributed by atoms with van der Waals surface area (Å²) in [6.07, 6.45) is 4.21. The molecule has 1 saturated heterocycles. The van der Waals surface area contributed by atoms with Crippen LogP contribution < -0.4 is 0 Å². The molecular formula is C10H20O3. The number of hydrogen-bond donors (Lipinski definition) is 1. The topological polar surface area (TPSA) is 38.7 Å². The van der Waals surface area contributed by atoms with Crippen molar-refractivity contribution in [3.05, 3.63) is 0 Å². The fourth-order valence-electron chi connectivity index (χ4n) is 1.42. The van der Waals surface area contributed by atoms with Gasteiger partial charge in [-0.25, -0.2) is 0 Å². The van der Waals surface area contributed by atoms with Crippen molar-refractivity contribution in [3.63, 3.8) is 0 Å². The van der Waals surface area contributed by atoms with Crippen LogP contribution in [0.1, 0.15) is 32.6 Å². The van der Waals surface area contributed by atoms with Gasteiger partial charge in [0.25, 0.3) is 0 Å². The first-order chi connectivity index (χ1) is 6.33. The van der Waals surface area contributed by atoms with Crippen LogP contribution in [0.25, 0.3) is 0 Å². The molecule has 78 valence electrons. The van der Waals surface area contributed by atoms with Gasteiger partial charge in [-0.2, -0.15) is 0 Å². The Labute approximate surface area is 80.0 Å². The van der Waals surface area contributed by atoms with Crippen molar-refractivity contribution in [1.29, 1.82) is 0 Å². The predicted octanol–water partition coefficient (Wildman–Crippen LogP) is 1.55. The lowest BCUT2D eigenvalue weighted by Crippen LogP contribution is -2.24. The minimum Gasteiger partial charge on any atom is -0.396 e. The lowest BCUT2D eigenvalue weighted by Gasteiger charge is -2.24. The van der Waals surface area contributed by atoms with Crippen LogP contribution in [0, 0.1) is 5.92 Å². The highest BCUT2D eigenvalue weighted by atomic mass is 16.7. The van der Waals surface area contributed by atoms with Crippen molar-refractivity contribution >= 4 is 0 Å². The van der Waals surface area contributed by atoms with Crippen LogP contribution in [0.15, 0.2) is 0 Å². The second-order valence-electron chi connectivity index (χ2n) is 3.75. The maximum atomic E-state index is 8.69. The third kappa shape index (κ3) is 4.60. The summed E-state index contributed by atoms with van der Waals surface area (Å²) in [6, 6.07) is 0. The Kier molecular flexibility index (Phi) is 5.35. The summed E-state index contributed by atoms with van der Waals surface area (Å²) in [6.45, 7) is 3.86. The molecule has 2 atom stereocenters. The van der Waals surface area contributed by atoms with Gasteiger partial charge in [0.1, 0.15) is 0 Å². The number of ether oxygens (including phenoxy) is 2. The zero-order valence-electron chi connectivity index (χ0n) is 8.37. The molecule has 1 aliphatic heterocycles. The van der Waals surface area contributed by atoms with Crippen LogP contribution in [-0.2, 0) is 9.47 Å². The molecule has 0 saturated carbocycles. The Morgan fingerprint density at radius 3 is 3.00 bits per heavy atom. The molecule has 0 aromatic heterocycles. The van der Waals surface area contributed by atoms with Gasteiger partial charge in [0.15, 0.2) is 6.29 Å². The highest BCUT2D eigenvalue weighted by Crippen LogP contribution is 2.15. The van der Waals surface area contributed by atoms with E-state index in [0.29, 0.717) is 12.5 Å². The van der Waals surface area contributed by atoms with Crippen LogP contribution in [0.4, 0.5) is 0 Å². The summed E-state index contributed by atoms with van der Waals surface area (Å²) in [5.74, 6) is 0.426. The molecule has 13 heavy (non-hydrogen) atoms. The normalized spacial score (nSPS) is 25.8. The summed E-state index contributed by atoms with van der Waals surface area (Å²) >= 11 is 0. The fourth-order valence-corrected chi connectivity index (χ4v) is 1.42. The molecule has 3 nitrogen and oxygen atoms in total. The van der Waals surface area contributed by atoms with Crippen molar-refractivity contribution in [2.75, 3.05) is 19.8 Å². The van der Waals surface area contributed by atoms with Crippen molar-refractivity contribution < 1.29 is 14.6 Å². The number of hydrogen-bond acceptors (Lipinski definition) is 3. The van der Waals surface area contributed by atoms with Crippen molar-refractivity contribution in [2.45, 2.75) is 38.9 Å². The quantitative estimate of drug-likeness (QED) is 0.711. The van der Waals surface area contributed by atoms with Gasteiger partial charge in [-0.15, -0.1) is 0 Å². The Bertz CT molecular complexity index is 121. The number of aliphatic hydroxyl groups excluding tert-OH is 1. The molecule has 3 heteroatoms. The van der Waals surface area contributed by atoms with Crippen LogP contribution in [0.2, 0.25) is 0 Å². The SMILES string of the molecule is CC(CCO)COC1CCCCO1. The predicted molar refractivity (Wildman–Crippen MR) is 50.4 cm³/mol. The molecule has 1 heterocycles. The highest BCUT2D eigenvalue weighted by Gasteiger charge is 2.14. The van der Waals surface area contributed by atoms with Crippen LogP contribution >= 0.6 is 0 Å². The highest BCUT2D eigenvalue weighted by molar-refractivity contribution is 4.56. The van der Waals surface area contributed by atoms with Crippen LogP contribution in [-0.4, -0.2) is 31.2 Å². The third-order valence-corrected chi connectivity index (χ3v) is 2.33. The molecular weight excluding hydrogens is 168 g/mol. The third-order valence-electron chi connectivity index (χ3n) is 2.33. The van der Waals surface area contributed by atoms with E-state index in [2.05, 4.69) is 6.92 Å². The minimum atomic E-state index is 0.00916. The van der Waals surface area contributed by atoms with E-state index in [1.807, 2.05) is 0 Å². The largest absolute Gasteiger partial charge is 0.396 e. The van der Waals surface area contributed by atoms with Gasteiger partial charge in [-0.05, 0) is 31.6 Å². The second-order valence-corrected chi connectivity index (χ2v) is 3.75. The van der Waals surface area contributed by atoms with Crippen LogP contribution in [0.5, 0.6) is 0 Å². The molecule has 0 aliphatic carbocycles. The molecule has 1 rings (SSSR count). The second kappa shape index (κ2) is 6.35. The average molecular weight is 188 g/mol. The number of aliphatic hydroxyl groups is 1. The van der Waals surface area contributed by atoms with E-state index in [1.54, 1.807) is 0 Å². The maximum absolute atomic E-state index is 8.69. The summed E-state index contributed by atoms with van der Waals surface area (Å²) in [4.78, 5) is 0. The zero-order valence-corrected chi connectivity index (χ0v) is 8.37. The molecule has 0 spiro atoms. The molecule has 0 bridgehead atoms. The van der Waals surface area contributed by atoms with Crippen molar-refractivity contribution in [3.8, 4) is 0 Å². The van der Waals surface area contributed by atoms with E-state index in [0.717, 1.165) is 25.9 Å². The van der Waals surface area contributed by atoms with E-state index in [1.165, 1.54) is 6.42 Å². The van der Waals surface area contributed by atoms with E-state index >= 15 is 0 Å². The fraction of sp³-hybridized carbons (Fsp3) is 1.00. The van der Waals surface area contributed by atoms with Gasteiger partial charge in [-0.3, -0.25) is 0 Å². The first-order valence-electron chi connectivity index (χ1n) is 5.17. The lowest BCUT2D eigenvalue weighted by atomic mass is 10.1. The van der Waals surface area contributed by atoms with E-state index in [-0.39, 0.29) is 12.9 Å². The summed E-state index contributed by atoms with van der Waals surface area (Å²) < 4.78 is 11.0. The molecule has 0 aromatic rings. The first kappa shape index (κ1) is 11.0. The Morgan fingerprint density at radius 2 is 2.38 bits per heavy atom. The first-order valence-corrected chi connectivity index (χ1v) is 5.17. The molecule has 1 fully saturated rings. The number of rotatable bonds is 5. The van der Waals surface area contributed by atoms with Gasteiger partial charge in [0, 0.05) is 13.2 Å². The van der Waals surface area contributed by atoms with E-state index in [4.69, 9.17) is 14.6 Å². The van der Waals surface area contributed by atoms with Gasteiger partial charge in [-0.1, -0.05) is 6.92 Å². The molecule has 0 aromatic carbocycles. The molecule has 2 unspecified atom stereocenters. The molecule has 0 amide bonds. The molecule has 1 N–H and O–H groups in total. The standard InChI is InChI=1S/C10H20O3/c1-9(5-6-11)8-13-10-4-2-3-7-12-10/h9-11H,2-8H2,1H3. The van der Waals surface area contributed by atoms with Crippen molar-refractivity contribution in [2.24, 2.45) is 5.92 Å². The summed E-state index contributed by atoms with van der Waals surface area (Å²) in [5, 5.41) is 8.69. The maximum Gasteiger partial charge on any atom is 0.157 e. The van der Waals surface area contributed by atoms with E-state index in [9.17, 15) is 0 Å². The van der Waals surface area contributed by atoms with Gasteiger partial charge >= 0.3 is 0 Å². The van der Waals surface area contributed by atoms with Crippen molar-refractivity contribution in [1.82, 2.24) is 0 Å². The van der Waals surface area contributed by atoms with Gasteiger partial charge in [0.05, 0.1) is 6.61 Å². The summed E-state index contributed by atoms with van der Waals surface area (Å²) in [5.41, 5.74) is 0. The molecule has 1 aliphatic rings. The van der Waals surface area contributed by atoms with Gasteiger partial charge < -0.3 is 14.6 Å². The van der Waals surface area contributed by atoms with Crippen LogP contribution in [0.3, 0.4) is 0 Å². The zero-order chi connectivity index (χ0) is 9.52. The monoisotopic (exact) mass is 188 g/mol. The average Bonchev–Trinajstić information content (AvgIpc) is 2.17. The Morgan fingerprint density at radius 1 is 1.54 bits per heavy atom. The lowest BCUT2D eigenvalue weighted by molar-refractivity contribution is -0.168. The summed E-state index contributed by atoms with van der Waals surface area (Å²) in [7, 11) is 0. The molecule has 0 radical (unpaired) electrons.